The van der Waals surface area contributed by atoms with E-state index in [0.29, 0.717) is 12.8 Å². The molecule has 0 saturated heterocycles. The smallest absolute Gasteiger partial charge is 0.224 e. The molecule has 3 nitrogen and oxygen atoms in total. The molecule has 1 amide bonds. The molecule has 2 heterocycles. The van der Waals surface area contributed by atoms with Crippen molar-refractivity contribution in [3.05, 3.63) is 56.1 Å². The highest BCUT2D eigenvalue weighted by Gasteiger charge is 2.14. The molecule has 2 aromatic heterocycles. The average molecular weight is 407 g/mol. The van der Waals surface area contributed by atoms with Crippen LogP contribution in [0.3, 0.4) is 0 Å². The van der Waals surface area contributed by atoms with Gasteiger partial charge in [0.15, 0.2) is 0 Å². The Morgan fingerprint density at radius 2 is 2.09 bits per heavy atom. The van der Waals surface area contributed by atoms with Crippen LogP contribution in [0.15, 0.2) is 46.3 Å². The quantitative estimate of drug-likeness (QED) is 0.606. The van der Waals surface area contributed by atoms with E-state index in [2.05, 4.69) is 32.3 Å². The number of nitrogens with zero attached hydrogens (tertiary/aromatic N) is 1. The Kier molecular flexibility index (Phi) is 5.25. The van der Waals surface area contributed by atoms with Gasteiger partial charge < -0.3 is 5.32 Å². The Hall–Kier alpha value is -1.50. The molecule has 118 valence electrons. The molecule has 6 heteroatoms. The lowest BCUT2D eigenvalue weighted by Crippen LogP contribution is -2.12. The van der Waals surface area contributed by atoms with Gasteiger partial charge in [-0.1, -0.05) is 18.2 Å². The molecule has 0 unspecified atom stereocenters. The molecule has 0 fully saturated rings. The summed E-state index contributed by atoms with van der Waals surface area (Å²) >= 11 is 6.79. The Morgan fingerprint density at radius 1 is 1.26 bits per heavy atom. The maximum Gasteiger partial charge on any atom is 0.224 e. The molecule has 0 spiro atoms. The monoisotopic (exact) mass is 406 g/mol. The zero-order valence-corrected chi connectivity index (χ0v) is 15.7. The van der Waals surface area contributed by atoms with E-state index in [-0.39, 0.29) is 5.91 Å². The van der Waals surface area contributed by atoms with Crippen LogP contribution >= 0.6 is 38.6 Å². The zero-order valence-electron chi connectivity index (χ0n) is 12.5. The van der Waals surface area contributed by atoms with Gasteiger partial charge in [-0.2, -0.15) is 0 Å². The number of nitrogens with one attached hydrogen (secondary N) is 1. The largest absolute Gasteiger partial charge is 0.325 e. The third-order valence-electron chi connectivity index (χ3n) is 3.29. The third-order valence-corrected chi connectivity index (χ3v) is 5.88. The van der Waals surface area contributed by atoms with Crippen LogP contribution in [0.25, 0.3) is 10.6 Å². The van der Waals surface area contributed by atoms with Gasteiger partial charge in [-0.25, -0.2) is 4.98 Å². The van der Waals surface area contributed by atoms with E-state index >= 15 is 0 Å². The highest BCUT2D eigenvalue weighted by Crippen LogP contribution is 2.32. The maximum absolute atomic E-state index is 12.2. The summed E-state index contributed by atoms with van der Waals surface area (Å²) in [5.41, 5.74) is 1.83. The summed E-state index contributed by atoms with van der Waals surface area (Å²) in [6, 6.07) is 11.7. The predicted molar refractivity (Wildman–Crippen MR) is 101 cm³/mol. The Balaban J connectivity index is 1.67. The summed E-state index contributed by atoms with van der Waals surface area (Å²) in [7, 11) is 0. The van der Waals surface area contributed by atoms with E-state index in [1.54, 1.807) is 22.7 Å². The van der Waals surface area contributed by atoms with E-state index in [9.17, 15) is 4.79 Å². The Bertz CT molecular complexity index is 812. The summed E-state index contributed by atoms with van der Waals surface area (Å²) in [6.07, 6.45) is 1.15. The number of halogens is 1. The van der Waals surface area contributed by atoms with Gasteiger partial charge in [0, 0.05) is 15.8 Å². The van der Waals surface area contributed by atoms with E-state index in [1.807, 2.05) is 42.6 Å². The van der Waals surface area contributed by atoms with Crippen LogP contribution in [0.2, 0.25) is 0 Å². The van der Waals surface area contributed by atoms with Crippen molar-refractivity contribution in [2.75, 3.05) is 5.32 Å². The van der Waals surface area contributed by atoms with Crippen molar-refractivity contribution in [1.82, 2.24) is 4.98 Å². The van der Waals surface area contributed by atoms with Crippen molar-refractivity contribution in [2.24, 2.45) is 0 Å². The number of rotatable bonds is 5. The fourth-order valence-corrected chi connectivity index (χ4v) is 4.39. The minimum Gasteiger partial charge on any atom is -0.325 e. The second-order valence-corrected chi connectivity index (χ2v) is 8.10. The number of benzene rings is 1. The molecule has 0 aliphatic heterocycles. The summed E-state index contributed by atoms with van der Waals surface area (Å²) < 4.78 is 0.890. The molecular formula is C17H15BrN2OS2. The predicted octanol–water partition coefficient (Wildman–Crippen LogP) is 5.51. The summed E-state index contributed by atoms with van der Waals surface area (Å²) in [5.74, 6) is 0.0140. The number of carbonyl (C=O) groups is 1. The number of anilines is 1. The van der Waals surface area contributed by atoms with E-state index in [4.69, 9.17) is 0 Å². The highest BCUT2D eigenvalue weighted by molar-refractivity contribution is 9.10. The molecular weight excluding hydrogens is 392 g/mol. The van der Waals surface area contributed by atoms with Gasteiger partial charge in [-0.15, -0.1) is 22.7 Å². The first kappa shape index (κ1) is 16.4. The van der Waals surface area contributed by atoms with Crippen molar-refractivity contribution in [3.63, 3.8) is 0 Å². The van der Waals surface area contributed by atoms with E-state index in [0.717, 1.165) is 25.7 Å². The second kappa shape index (κ2) is 7.38. The molecule has 1 aromatic carbocycles. The number of aromatic nitrogens is 1. The van der Waals surface area contributed by atoms with Crippen molar-refractivity contribution < 1.29 is 4.79 Å². The minimum absolute atomic E-state index is 0.0140. The number of hydrogen-bond donors (Lipinski definition) is 1. The second-order valence-electron chi connectivity index (χ2n) is 5.01. The molecule has 0 atom stereocenters. The molecule has 0 bridgehead atoms. The number of thiophene rings is 1. The first-order valence-corrected chi connectivity index (χ1v) is 9.67. The standard InChI is InChI=1S/C17H15BrN2OS2/c1-11-19-17(14-7-4-10-22-14)15(23-11)8-9-16(21)20-13-6-3-2-5-12(13)18/h2-7,10H,8-9H2,1H3,(H,20,21). The van der Waals surface area contributed by atoms with Crippen molar-refractivity contribution in [1.29, 1.82) is 0 Å². The number of hydrogen-bond acceptors (Lipinski definition) is 4. The Morgan fingerprint density at radius 3 is 2.83 bits per heavy atom. The van der Waals surface area contributed by atoms with Crippen molar-refractivity contribution in [3.8, 4) is 10.6 Å². The first-order chi connectivity index (χ1) is 11.1. The van der Waals surface area contributed by atoms with Crippen LogP contribution in [0.1, 0.15) is 16.3 Å². The van der Waals surface area contributed by atoms with Crippen LogP contribution in [0.4, 0.5) is 5.69 Å². The molecule has 3 aromatic rings. The molecule has 0 aliphatic carbocycles. The number of para-hydroxylation sites is 1. The van der Waals surface area contributed by atoms with Crippen molar-refractivity contribution >= 4 is 50.2 Å². The lowest BCUT2D eigenvalue weighted by Gasteiger charge is -2.07. The molecule has 3 rings (SSSR count). The summed E-state index contributed by atoms with van der Waals surface area (Å²) in [4.78, 5) is 19.2. The Labute approximate surface area is 151 Å². The molecule has 0 aliphatic rings. The number of amides is 1. The van der Waals surface area contributed by atoms with Crippen LogP contribution in [-0.4, -0.2) is 10.9 Å². The first-order valence-electron chi connectivity index (χ1n) is 7.18. The molecule has 0 radical (unpaired) electrons. The lowest BCUT2D eigenvalue weighted by atomic mass is 10.2. The van der Waals surface area contributed by atoms with Crippen molar-refractivity contribution in [2.45, 2.75) is 19.8 Å². The van der Waals surface area contributed by atoms with Crippen LogP contribution in [0, 0.1) is 6.92 Å². The number of carbonyl (C=O) groups excluding carboxylic acids is 1. The lowest BCUT2D eigenvalue weighted by molar-refractivity contribution is -0.116. The number of aryl methyl sites for hydroxylation is 2. The topological polar surface area (TPSA) is 42.0 Å². The van der Waals surface area contributed by atoms with Gasteiger partial charge in [0.1, 0.15) is 0 Å². The van der Waals surface area contributed by atoms with Gasteiger partial charge in [0.25, 0.3) is 0 Å². The third kappa shape index (κ3) is 4.07. The fraction of sp³-hybridized carbons (Fsp3) is 0.176. The van der Waals surface area contributed by atoms with Gasteiger partial charge in [0.05, 0.1) is 21.3 Å². The van der Waals surface area contributed by atoms with Gasteiger partial charge in [0.2, 0.25) is 5.91 Å². The minimum atomic E-state index is 0.0140. The van der Waals surface area contributed by atoms with Gasteiger partial charge in [-0.05, 0) is 52.9 Å². The van der Waals surface area contributed by atoms with Crippen LogP contribution in [0.5, 0.6) is 0 Å². The SMILES string of the molecule is Cc1nc(-c2cccs2)c(CCC(=O)Nc2ccccc2Br)s1. The fourth-order valence-electron chi connectivity index (χ4n) is 2.25. The average Bonchev–Trinajstić information content (AvgIpc) is 3.16. The van der Waals surface area contributed by atoms with Gasteiger partial charge >= 0.3 is 0 Å². The van der Waals surface area contributed by atoms with E-state index in [1.165, 1.54) is 4.88 Å². The normalized spacial score (nSPS) is 10.7. The van der Waals surface area contributed by atoms with E-state index < -0.39 is 0 Å². The summed E-state index contributed by atoms with van der Waals surface area (Å²) in [6.45, 7) is 2.01. The maximum atomic E-state index is 12.2. The number of thiazole rings is 1. The zero-order chi connectivity index (χ0) is 16.2. The highest BCUT2D eigenvalue weighted by atomic mass is 79.9. The molecule has 23 heavy (non-hydrogen) atoms. The molecule has 1 N–H and O–H groups in total. The van der Waals surface area contributed by atoms with Crippen LogP contribution in [-0.2, 0) is 11.2 Å². The van der Waals surface area contributed by atoms with Crippen LogP contribution < -0.4 is 5.32 Å². The molecule has 0 saturated carbocycles. The summed E-state index contributed by atoms with van der Waals surface area (Å²) in [5, 5.41) is 6.03. The van der Waals surface area contributed by atoms with Gasteiger partial charge in [-0.3, -0.25) is 4.79 Å².